The summed E-state index contributed by atoms with van der Waals surface area (Å²) in [7, 11) is 0. The fourth-order valence-electron chi connectivity index (χ4n) is 4.13. The number of fused-ring (bicyclic) bond motifs is 1. The molecular formula is C21H27N9O3S. The minimum atomic E-state index is -0.923. The molecule has 1 atom stereocenters. The molecule has 0 radical (unpaired) electrons. The van der Waals surface area contributed by atoms with Crippen LogP contribution >= 0.6 is 11.3 Å². The number of morpholine rings is 1. The molecule has 0 amide bonds. The first kappa shape index (κ1) is 22.9. The van der Waals surface area contributed by atoms with Crippen LogP contribution < -0.4 is 10.6 Å². The Bertz CT molecular complexity index is 1130. The van der Waals surface area contributed by atoms with Crippen molar-refractivity contribution in [1.82, 2.24) is 34.7 Å². The first-order valence-electron chi connectivity index (χ1n) is 11.2. The maximum absolute atomic E-state index is 10.7. The molecule has 0 unspecified atom stereocenters. The second-order valence-corrected chi connectivity index (χ2v) is 9.40. The van der Waals surface area contributed by atoms with Crippen LogP contribution in [0.2, 0.25) is 0 Å². The molecule has 3 N–H and O–H groups in total. The summed E-state index contributed by atoms with van der Waals surface area (Å²) in [6, 6.07) is 0. The minimum absolute atomic E-state index is 0.207. The number of nitrogens with zero attached hydrogens (tertiary/aromatic N) is 8. The first-order valence-corrected chi connectivity index (χ1v) is 12.1. The van der Waals surface area contributed by atoms with Crippen LogP contribution in [0.15, 0.2) is 12.4 Å². The van der Waals surface area contributed by atoms with Gasteiger partial charge in [0.25, 0.3) is 0 Å². The highest BCUT2D eigenvalue weighted by Gasteiger charge is 2.24. The highest BCUT2D eigenvalue weighted by molar-refractivity contribution is 7.18. The lowest BCUT2D eigenvalue weighted by Crippen LogP contribution is -2.48. The largest absolute Gasteiger partial charge is 0.384 e. The van der Waals surface area contributed by atoms with Gasteiger partial charge in [-0.15, -0.1) is 0 Å². The molecule has 0 aromatic carbocycles. The van der Waals surface area contributed by atoms with E-state index in [0.717, 1.165) is 60.4 Å². The number of ether oxygens (including phenoxy) is 1. The van der Waals surface area contributed by atoms with Crippen molar-refractivity contribution in [3.63, 3.8) is 0 Å². The van der Waals surface area contributed by atoms with Crippen molar-refractivity contribution in [2.75, 3.05) is 69.7 Å². The van der Waals surface area contributed by atoms with Crippen molar-refractivity contribution in [3.8, 4) is 11.4 Å². The number of carbonyl (C=O) groups is 1. The van der Waals surface area contributed by atoms with E-state index in [0.29, 0.717) is 44.0 Å². The molecule has 3 aromatic heterocycles. The Morgan fingerprint density at radius 2 is 1.76 bits per heavy atom. The zero-order valence-electron chi connectivity index (χ0n) is 18.7. The molecule has 2 aliphatic rings. The van der Waals surface area contributed by atoms with Gasteiger partial charge in [-0.1, -0.05) is 11.3 Å². The molecule has 0 aliphatic carbocycles. The van der Waals surface area contributed by atoms with Crippen LogP contribution in [-0.2, 0) is 16.1 Å². The average molecular weight is 486 g/mol. The van der Waals surface area contributed by atoms with Gasteiger partial charge in [-0.3, -0.25) is 9.80 Å². The molecule has 34 heavy (non-hydrogen) atoms. The van der Waals surface area contributed by atoms with Crippen LogP contribution in [0, 0.1) is 0 Å². The van der Waals surface area contributed by atoms with E-state index in [-0.39, 0.29) is 5.95 Å². The van der Waals surface area contributed by atoms with Crippen LogP contribution in [0.5, 0.6) is 0 Å². The van der Waals surface area contributed by atoms with Crippen molar-refractivity contribution < 1.29 is 14.6 Å². The van der Waals surface area contributed by atoms with Crippen molar-refractivity contribution in [1.29, 1.82) is 0 Å². The number of anilines is 2. The highest BCUT2D eigenvalue weighted by atomic mass is 32.1. The number of hydrogen-bond acceptors (Lipinski definition) is 13. The normalized spacial score (nSPS) is 18.9. The number of thiazole rings is 1. The molecule has 12 nitrogen and oxygen atoms in total. The number of aromatic nitrogens is 5. The number of nitrogens with two attached hydrogens (primary N) is 1. The molecule has 2 saturated heterocycles. The maximum atomic E-state index is 10.7. The van der Waals surface area contributed by atoms with Gasteiger partial charge in [0.05, 0.1) is 25.3 Å². The Kier molecular flexibility index (Phi) is 6.87. The van der Waals surface area contributed by atoms with E-state index < -0.39 is 6.10 Å². The van der Waals surface area contributed by atoms with Crippen molar-refractivity contribution in [3.05, 3.63) is 17.4 Å². The van der Waals surface area contributed by atoms with Crippen LogP contribution in [0.3, 0.4) is 0 Å². The SMILES string of the molecule is Nc1ncc(-c2nc(N3CCOCC3)c3nc(CN4CCN(C[C@H](O)C=O)CC4)sc3n2)cn1. The van der Waals surface area contributed by atoms with E-state index in [1.54, 1.807) is 23.7 Å². The number of nitrogen functional groups attached to an aromatic ring is 1. The summed E-state index contributed by atoms with van der Waals surface area (Å²) in [6.07, 6.45) is 2.94. The third-order valence-electron chi connectivity index (χ3n) is 5.95. The smallest absolute Gasteiger partial charge is 0.219 e. The third-order valence-corrected chi connectivity index (χ3v) is 6.89. The van der Waals surface area contributed by atoms with E-state index >= 15 is 0 Å². The quantitative estimate of drug-likeness (QED) is 0.421. The zero-order chi connectivity index (χ0) is 23.5. The van der Waals surface area contributed by atoms with Gasteiger partial charge in [-0.25, -0.2) is 24.9 Å². The summed E-state index contributed by atoms with van der Waals surface area (Å²) in [4.78, 5) is 40.9. The number of aliphatic hydroxyl groups excluding tert-OH is 1. The zero-order valence-corrected chi connectivity index (χ0v) is 19.5. The van der Waals surface area contributed by atoms with E-state index in [1.165, 1.54) is 0 Å². The van der Waals surface area contributed by atoms with Gasteiger partial charge in [0, 0.05) is 58.2 Å². The molecule has 0 bridgehead atoms. The molecule has 2 fully saturated rings. The Morgan fingerprint density at radius 1 is 1.06 bits per heavy atom. The van der Waals surface area contributed by atoms with Gasteiger partial charge in [0.1, 0.15) is 27.7 Å². The Labute approximate surface area is 200 Å². The van der Waals surface area contributed by atoms with E-state index in [1.807, 2.05) is 0 Å². The van der Waals surface area contributed by atoms with E-state index in [2.05, 4.69) is 24.7 Å². The Hall–Kier alpha value is -2.84. The summed E-state index contributed by atoms with van der Waals surface area (Å²) in [5.41, 5.74) is 7.15. The van der Waals surface area contributed by atoms with Crippen molar-refractivity contribution in [2.24, 2.45) is 0 Å². The van der Waals surface area contributed by atoms with E-state index in [4.69, 9.17) is 25.4 Å². The van der Waals surface area contributed by atoms with Crippen LogP contribution in [0.25, 0.3) is 21.7 Å². The summed E-state index contributed by atoms with van der Waals surface area (Å²) in [5.74, 6) is 1.56. The third kappa shape index (κ3) is 5.13. The highest BCUT2D eigenvalue weighted by Crippen LogP contribution is 2.31. The van der Waals surface area contributed by atoms with Crippen molar-refractivity contribution >= 4 is 39.7 Å². The molecule has 5 rings (SSSR count). The van der Waals surface area contributed by atoms with Gasteiger partial charge in [-0.2, -0.15) is 0 Å². The number of piperazine rings is 1. The number of rotatable bonds is 7. The van der Waals surface area contributed by atoms with Gasteiger partial charge in [0.2, 0.25) is 5.95 Å². The van der Waals surface area contributed by atoms with Crippen LogP contribution in [0.1, 0.15) is 5.01 Å². The first-order chi connectivity index (χ1) is 16.6. The fourth-order valence-corrected chi connectivity index (χ4v) is 5.10. The minimum Gasteiger partial charge on any atom is -0.384 e. The van der Waals surface area contributed by atoms with Crippen molar-refractivity contribution in [2.45, 2.75) is 12.6 Å². The topological polar surface area (TPSA) is 147 Å². The van der Waals surface area contributed by atoms with Crippen LogP contribution in [0.4, 0.5) is 11.8 Å². The molecule has 5 heterocycles. The monoisotopic (exact) mass is 485 g/mol. The Balaban J connectivity index is 1.39. The number of aliphatic hydroxyl groups is 1. The number of hydrogen-bond donors (Lipinski definition) is 2. The maximum Gasteiger partial charge on any atom is 0.219 e. The lowest BCUT2D eigenvalue weighted by Gasteiger charge is -2.34. The number of aldehydes is 1. The number of β-amino-alcohol motifs (C(OH)–C–C–N with tert-alkyl or cyclic N) is 1. The van der Waals surface area contributed by atoms with E-state index in [9.17, 15) is 9.90 Å². The van der Waals surface area contributed by atoms with Gasteiger partial charge < -0.3 is 25.3 Å². The standard InChI is InChI=1S/C21H27N9O3S/c22-21-23-9-14(10-24-21)18-26-19(30-5-7-33-8-6-30)17-20(27-18)34-16(25-17)12-29-3-1-28(2-4-29)11-15(32)13-31/h9-10,13,15,32H,1-8,11-12H2,(H2,22,23,24)/t15-/m0/s1. The summed E-state index contributed by atoms with van der Waals surface area (Å²) < 4.78 is 5.52. The second kappa shape index (κ2) is 10.2. The predicted molar refractivity (Wildman–Crippen MR) is 127 cm³/mol. The summed E-state index contributed by atoms with van der Waals surface area (Å²) in [6.45, 7) is 7.16. The number of carbonyl (C=O) groups excluding carboxylic acids is 1. The summed E-state index contributed by atoms with van der Waals surface area (Å²) in [5, 5.41) is 10.6. The lowest BCUT2D eigenvalue weighted by atomic mass is 10.2. The lowest BCUT2D eigenvalue weighted by molar-refractivity contribution is -0.115. The second-order valence-electron chi connectivity index (χ2n) is 8.34. The average Bonchev–Trinajstić information content (AvgIpc) is 3.28. The molecule has 2 aliphatic heterocycles. The predicted octanol–water partition coefficient (Wildman–Crippen LogP) is -0.360. The molecule has 3 aromatic rings. The van der Waals surface area contributed by atoms with Crippen LogP contribution in [-0.4, -0.2) is 111 Å². The summed E-state index contributed by atoms with van der Waals surface area (Å²) >= 11 is 1.57. The molecule has 180 valence electrons. The molecule has 13 heteroatoms. The van der Waals surface area contributed by atoms with Gasteiger partial charge >= 0.3 is 0 Å². The molecular weight excluding hydrogens is 458 g/mol. The van der Waals surface area contributed by atoms with Gasteiger partial charge in [0.15, 0.2) is 11.6 Å². The molecule has 0 spiro atoms. The van der Waals surface area contributed by atoms with Gasteiger partial charge in [-0.05, 0) is 0 Å². The molecule has 0 saturated carbocycles. The fraction of sp³-hybridized carbons (Fsp3) is 0.524. The Morgan fingerprint density at radius 3 is 2.47 bits per heavy atom.